The zero-order chi connectivity index (χ0) is 26.8. The second-order valence-electron chi connectivity index (χ2n) is 8.94. The Hall–Kier alpha value is -4.24. The van der Waals surface area contributed by atoms with E-state index in [2.05, 4.69) is 0 Å². The van der Waals surface area contributed by atoms with E-state index in [1.807, 2.05) is 43.3 Å². The molecule has 2 saturated heterocycles. The summed E-state index contributed by atoms with van der Waals surface area (Å²) in [5.74, 6) is 0.335. The number of para-hydroxylation sites is 1. The second-order valence-corrected chi connectivity index (χ2v) is 8.94. The van der Waals surface area contributed by atoms with Gasteiger partial charge in [-0.2, -0.15) is 0 Å². The SMILES string of the molecule is CCCOc1ccc(N2C(=O)[C@@H]3[C@@H](ON(c4ccccc4)[C@H]3c3ccc(OC)c(OC)c3OC)C2=O)cc1. The topological polar surface area (TPSA) is 86.8 Å². The number of carbonyl (C=O) groups is 2. The number of fused-ring (bicyclic) bond motifs is 1. The number of imide groups is 1. The summed E-state index contributed by atoms with van der Waals surface area (Å²) < 4.78 is 22.5. The van der Waals surface area contributed by atoms with Crippen molar-refractivity contribution < 1.29 is 33.4 Å². The summed E-state index contributed by atoms with van der Waals surface area (Å²) in [5, 5.41) is 1.62. The highest BCUT2D eigenvalue weighted by atomic mass is 16.7. The Kier molecular flexibility index (Phi) is 7.11. The van der Waals surface area contributed by atoms with Gasteiger partial charge in [-0.3, -0.25) is 14.4 Å². The third kappa shape index (κ3) is 4.18. The number of carbonyl (C=O) groups excluding carboxylic acids is 2. The van der Waals surface area contributed by atoms with Crippen molar-refractivity contribution in [2.75, 3.05) is 37.9 Å². The van der Waals surface area contributed by atoms with Gasteiger partial charge in [-0.1, -0.05) is 25.1 Å². The molecule has 2 amide bonds. The lowest BCUT2D eigenvalue weighted by Crippen LogP contribution is -2.37. The van der Waals surface area contributed by atoms with Gasteiger partial charge in [0, 0.05) is 5.56 Å². The van der Waals surface area contributed by atoms with Gasteiger partial charge in [-0.25, -0.2) is 9.96 Å². The molecule has 38 heavy (non-hydrogen) atoms. The van der Waals surface area contributed by atoms with Crippen LogP contribution in [-0.4, -0.2) is 45.9 Å². The van der Waals surface area contributed by atoms with Crippen molar-refractivity contribution in [3.63, 3.8) is 0 Å². The van der Waals surface area contributed by atoms with E-state index in [-0.39, 0.29) is 5.91 Å². The van der Waals surface area contributed by atoms with Crippen LogP contribution in [0.15, 0.2) is 66.7 Å². The molecule has 0 unspecified atom stereocenters. The quantitative estimate of drug-likeness (QED) is 0.382. The smallest absolute Gasteiger partial charge is 0.266 e. The minimum absolute atomic E-state index is 0.359. The minimum atomic E-state index is -1.01. The van der Waals surface area contributed by atoms with E-state index in [0.717, 1.165) is 6.42 Å². The van der Waals surface area contributed by atoms with Gasteiger partial charge in [-0.15, -0.1) is 0 Å². The Bertz CT molecular complexity index is 1310. The van der Waals surface area contributed by atoms with Gasteiger partial charge in [0.2, 0.25) is 11.7 Å². The molecule has 3 aromatic carbocycles. The molecule has 2 heterocycles. The maximum atomic E-state index is 14.0. The van der Waals surface area contributed by atoms with Crippen LogP contribution in [0.1, 0.15) is 24.9 Å². The summed E-state index contributed by atoms with van der Waals surface area (Å²) >= 11 is 0. The first-order valence-electron chi connectivity index (χ1n) is 12.4. The lowest BCUT2D eigenvalue weighted by molar-refractivity contribution is -0.126. The third-order valence-electron chi connectivity index (χ3n) is 6.75. The molecule has 3 aromatic rings. The predicted molar refractivity (Wildman–Crippen MR) is 141 cm³/mol. The Labute approximate surface area is 221 Å². The molecule has 0 aliphatic carbocycles. The molecule has 2 aliphatic heterocycles. The first kappa shape index (κ1) is 25.4. The van der Waals surface area contributed by atoms with Crippen LogP contribution in [0.4, 0.5) is 11.4 Å². The van der Waals surface area contributed by atoms with Crippen molar-refractivity contribution in [3.05, 3.63) is 72.3 Å². The van der Waals surface area contributed by atoms with E-state index >= 15 is 0 Å². The molecular formula is C29H30N2O7. The maximum absolute atomic E-state index is 14.0. The fourth-order valence-corrected chi connectivity index (χ4v) is 5.05. The van der Waals surface area contributed by atoms with Crippen molar-refractivity contribution in [1.82, 2.24) is 0 Å². The van der Waals surface area contributed by atoms with Crippen LogP contribution in [-0.2, 0) is 14.4 Å². The molecule has 2 aliphatic rings. The highest BCUT2D eigenvalue weighted by molar-refractivity contribution is 6.24. The highest BCUT2D eigenvalue weighted by Crippen LogP contribution is 2.52. The fourth-order valence-electron chi connectivity index (χ4n) is 5.05. The van der Waals surface area contributed by atoms with Crippen LogP contribution >= 0.6 is 0 Å². The average molecular weight is 519 g/mol. The standard InChI is InChI=1S/C29H30N2O7/c1-5-17-37-20-13-11-18(12-14-20)30-28(32)23-24(21-15-16-22(34-2)26(36-4)25(21)35-3)31(38-27(23)29(30)33)19-9-7-6-8-10-19/h6-16,23-24,27H,5,17H2,1-4H3/t23-,24-,27+/m0/s1. The van der Waals surface area contributed by atoms with Crippen LogP contribution in [0.5, 0.6) is 23.0 Å². The molecule has 5 rings (SSSR count). The molecule has 0 aromatic heterocycles. The van der Waals surface area contributed by atoms with Crippen molar-refractivity contribution in [1.29, 1.82) is 0 Å². The first-order chi connectivity index (χ1) is 18.5. The van der Waals surface area contributed by atoms with Gasteiger partial charge in [0.25, 0.3) is 5.91 Å². The first-order valence-corrected chi connectivity index (χ1v) is 12.4. The second kappa shape index (κ2) is 10.6. The fraction of sp³-hybridized carbons (Fsp3) is 0.310. The van der Waals surface area contributed by atoms with Gasteiger partial charge in [0.15, 0.2) is 17.6 Å². The number of methoxy groups -OCH3 is 3. The van der Waals surface area contributed by atoms with Gasteiger partial charge < -0.3 is 18.9 Å². The lowest BCUT2D eigenvalue weighted by atomic mass is 9.89. The van der Waals surface area contributed by atoms with Gasteiger partial charge in [-0.05, 0) is 55.0 Å². The van der Waals surface area contributed by atoms with Crippen LogP contribution in [0.3, 0.4) is 0 Å². The van der Waals surface area contributed by atoms with Gasteiger partial charge in [0.1, 0.15) is 17.7 Å². The van der Waals surface area contributed by atoms with Crippen LogP contribution in [0.2, 0.25) is 0 Å². The average Bonchev–Trinajstić information content (AvgIpc) is 3.47. The minimum Gasteiger partial charge on any atom is -0.494 e. The molecule has 0 N–H and O–H groups in total. The van der Waals surface area contributed by atoms with E-state index in [1.165, 1.54) is 26.2 Å². The Morgan fingerprint density at radius 2 is 1.50 bits per heavy atom. The number of benzene rings is 3. The molecule has 0 bridgehead atoms. The van der Waals surface area contributed by atoms with Crippen molar-refractivity contribution >= 4 is 23.2 Å². The molecule has 0 radical (unpaired) electrons. The number of amides is 2. The molecule has 0 spiro atoms. The van der Waals surface area contributed by atoms with Crippen molar-refractivity contribution in [2.45, 2.75) is 25.5 Å². The molecule has 3 atom stereocenters. The summed E-state index contributed by atoms with van der Waals surface area (Å²) in [6.45, 7) is 2.61. The lowest BCUT2D eigenvalue weighted by Gasteiger charge is -2.30. The van der Waals surface area contributed by atoms with E-state index in [9.17, 15) is 9.59 Å². The monoisotopic (exact) mass is 518 g/mol. The van der Waals surface area contributed by atoms with Crippen LogP contribution < -0.4 is 28.9 Å². The number of nitrogens with zero attached hydrogens (tertiary/aromatic N) is 2. The normalized spacial score (nSPS) is 20.5. The Morgan fingerprint density at radius 3 is 2.13 bits per heavy atom. The summed E-state index contributed by atoms with van der Waals surface area (Å²) in [6, 6.07) is 19.2. The van der Waals surface area contributed by atoms with Crippen LogP contribution in [0, 0.1) is 5.92 Å². The summed E-state index contributed by atoms with van der Waals surface area (Å²) in [6.07, 6.45) is -0.133. The maximum Gasteiger partial charge on any atom is 0.266 e. The van der Waals surface area contributed by atoms with Crippen molar-refractivity contribution in [2.24, 2.45) is 5.92 Å². The number of hydrogen-bond acceptors (Lipinski definition) is 8. The summed E-state index contributed by atoms with van der Waals surface area (Å²) in [4.78, 5) is 35.0. The zero-order valence-corrected chi connectivity index (χ0v) is 21.7. The number of rotatable bonds is 9. The molecule has 198 valence electrons. The summed E-state index contributed by atoms with van der Waals surface area (Å²) in [7, 11) is 4.58. The van der Waals surface area contributed by atoms with E-state index in [4.69, 9.17) is 23.8 Å². The third-order valence-corrected chi connectivity index (χ3v) is 6.75. The molecule has 9 nitrogen and oxygen atoms in total. The largest absolute Gasteiger partial charge is 0.494 e. The van der Waals surface area contributed by atoms with E-state index in [0.29, 0.717) is 46.5 Å². The Morgan fingerprint density at radius 1 is 0.789 bits per heavy atom. The van der Waals surface area contributed by atoms with E-state index in [1.54, 1.807) is 35.4 Å². The molecular weight excluding hydrogens is 488 g/mol. The summed E-state index contributed by atoms with van der Waals surface area (Å²) in [5.41, 5.74) is 1.80. The number of ether oxygens (including phenoxy) is 4. The van der Waals surface area contributed by atoms with Gasteiger partial charge in [0.05, 0.1) is 39.3 Å². The number of hydrogen-bond donors (Lipinski definition) is 0. The zero-order valence-electron chi connectivity index (χ0n) is 21.7. The van der Waals surface area contributed by atoms with Crippen LogP contribution in [0.25, 0.3) is 0 Å². The molecule has 2 fully saturated rings. The predicted octanol–water partition coefficient (Wildman–Crippen LogP) is 4.55. The Balaban J connectivity index is 1.58. The number of anilines is 2. The number of hydroxylamine groups is 1. The molecule has 0 saturated carbocycles. The molecule has 9 heteroatoms. The van der Waals surface area contributed by atoms with Gasteiger partial charge >= 0.3 is 0 Å². The highest BCUT2D eigenvalue weighted by Gasteiger charge is 2.61. The van der Waals surface area contributed by atoms with Crippen molar-refractivity contribution in [3.8, 4) is 23.0 Å². The van der Waals surface area contributed by atoms with E-state index < -0.39 is 24.0 Å².